The molecule has 3 rings (SSSR count). The summed E-state index contributed by atoms with van der Waals surface area (Å²) in [5, 5.41) is 3.57. The first-order chi connectivity index (χ1) is 11.3. The zero-order chi connectivity index (χ0) is 17.5. The standard InChI is InChI=1S/C15H7ClF4N2O2/c16-9-5-3-6-10(17)12(9)13-21-22(14(23)24-13)11-7-2-1-4-8(11)15(18,19)20/h1-7H. The molecular weight excluding hydrogens is 352 g/mol. The fourth-order valence-electron chi connectivity index (χ4n) is 2.13. The molecule has 0 aliphatic rings. The number of nitrogens with zero attached hydrogens (tertiary/aromatic N) is 2. The molecule has 4 nitrogen and oxygen atoms in total. The van der Waals surface area contributed by atoms with E-state index in [1.807, 2.05) is 0 Å². The second-order valence-electron chi connectivity index (χ2n) is 4.70. The number of rotatable bonds is 2. The van der Waals surface area contributed by atoms with Crippen LogP contribution in [-0.4, -0.2) is 9.78 Å². The van der Waals surface area contributed by atoms with Gasteiger partial charge in [-0.2, -0.15) is 17.9 Å². The molecular formula is C15H7ClF4N2O2. The molecule has 1 heterocycles. The van der Waals surface area contributed by atoms with Crippen molar-refractivity contribution in [3.8, 4) is 17.1 Å². The summed E-state index contributed by atoms with van der Waals surface area (Å²) < 4.78 is 58.3. The van der Waals surface area contributed by atoms with E-state index in [1.165, 1.54) is 24.3 Å². The van der Waals surface area contributed by atoms with Crippen LogP contribution in [-0.2, 0) is 6.18 Å². The second kappa shape index (κ2) is 5.79. The Morgan fingerprint density at radius 2 is 1.79 bits per heavy atom. The Kier molecular flexibility index (Phi) is 3.92. The van der Waals surface area contributed by atoms with Crippen molar-refractivity contribution < 1.29 is 22.0 Å². The van der Waals surface area contributed by atoms with Gasteiger partial charge in [-0.3, -0.25) is 0 Å². The summed E-state index contributed by atoms with van der Waals surface area (Å²) in [5.74, 6) is -2.53. The lowest BCUT2D eigenvalue weighted by Crippen LogP contribution is -2.18. The van der Waals surface area contributed by atoms with Gasteiger partial charge in [0.05, 0.1) is 21.8 Å². The average Bonchev–Trinajstić information content (AvgIpc) is 2.87. The first-order valence-corrected chi connectivity index (χ1v) is 6.88. The maximum Gasteiger partial charge on any atom is 0.442 e. The number of alkyl halides is 3. The molecule has 0 aliphatic carbocycles. The van der Waals surface area contributed by atoms with Crippen LogP contribution in [0.5, 0.6) is 0 Å². The third kappa shape index (κ3) is 2.80. The summed E-state index contributed by atoms with van der Waals surface area (Å²) in [6.45, 7) is 0. The summed E-state index contributed by atoms with van der Waals surface area (Å²) in [6, 6.07) is 8.06. The van der Waals surface area contributed by atoms with Crippen molar-refractivity contribution in [2.75, 3.05) is 0 Å². The molecule has 2 aromatic carbocycles. The highest BCUT2D eigenvalue weighted by Gasteiger charge is 2.34. The number of para-hydroxylation sites is 1. The van der Waals surface area contributed by atoms with Gasteiger partial charge >= 0.3 is 11.9 Å². The van der Waals surface area contributed by atoms with Crippen LogP contribution in [0.2, 0.25) is 5.02 Å². The molecule has 0 saturated heterocycles. The minimum absolute atomic E-state index is 0.0903. The summed E-state index contributed by atoms with van der Waals surface area (Å²) in [5.41, 5.74) is -1.91. The van der Waals surface area contributed by atoms with E-state index in [0.717, 1.165) is 18.2 Å². The Hall–Kier alpha value is -2.61. The number of halogens is 5. The molecule has 124 valence electrons. The van der Waals surface area contributed by atoms with E-state index < -0.39 is 34.9 Å². The maximum atomic E-state index is 13.9. The van der Waals surface area contributed by atoms with Crippen LogP contribution in [0.3, 0.4) is 0 Å². The van der Waals surface area contributed by atoms with Gasteiger partial charge in [0.1, 0.15) is 5.82 Å². The van der Waals surface area contributed by atoms with Gasteiger partial charge in [-0.05, 0) is 24.3 Å². The van der Waals surface area contributed by atoms with Gasteiger partial charge in [0.15, 0.2) is 0 Å². The SMILES string of the molecule is O=c1oc(-c2c(F)cccc2Cl)nn1-c1ccccc1C(F)(F)F. The summed E-state index contributed by atoms with van der Waals surface area (Å²) in [6.07, 6.45) is -4.70. The minimum Gasteiger partial charge on any atom is -0.387 e. The van der Waals surface area contributed by atoms with E-state index in [9.17, 15) is 22.4 Å². The van der Waals surface area contributed by atoms with Crippen molar-refractivity contribution in [2.24, 2.45) is 0 Å². The van der Waals surface area contributed by atoms with E-state index in [-0.39, 0.29) is 10.6 Å². The van der Waals surface area contributed by atoms with Crippen molar-refractivity contribution in [1.29, 1.82) is 0 Å². The van der Waals surface area contributed by atoms with Crippen LogP contribution in [0.1, 0.15) is 5.56 Å². The van der Waals surface area contributed by atoms with Crippen LogP contribution in [0.25, 0.3) is 17.1 Å². The summed E-state index contributed by atoms with van der Waals surface area (Å²) in [7, 11) is 0. The van der Waals surface area contributed by atoms with Gasteiger partial charge in [-0.25, -0.2) is 9.18 Å². The van der Waals surface area contributed by atoms with Gasteiger partial charge in [0.2, 0.25) is 0 Å². The molecule has 0 atom stereocenters. The van der Waals surface area contributed by atoms with Crippen molar-refractivity contribution in [1.82, 2.24) is 9.78 Å². The van der Waals surface area contributed by atoms with E-state index in [1.54, 1.807) is 0 Å². The summed E-state index contributed by atoms with van der Waals surface area (Å²) >= 11 is 5.84. The first-order valence-electron chi connectivity index (χ1n) is 6.50. The minimum atomic E-state index is -4.70. The van der Waals surface area contributed by atoms with Gasteiger partial charge in [0.25, 0.3) is 5.89 Å². The lowest BCUT2D eigenvalue weighted by Gasteiger charge is -2.10. The monoisotopic (exact) mass is 358 g/mol. The molecule has 0 radical (unpaired) electrons. The molecule has 0 N–H and O–H groups in total. The van der Waals surface area contributed by atoms with Crippen LogP contribution in [0.15, 0.2) is 51.7 Å². The molecule has 24 heavy (non-hydrogen) atoms. The predicted octanol–water partition coefficient (Wildman–Crippen LogP) is 4.30. The lowest BCUT2D eigenvalue weighted by molar-refractivity contribution is -0.137. The lowest BCUT2D eigenvalue weighted by atomic mass is 10.2. The van der Waals surface area contributed by atoms with E-state index in [2.05, 4.69) is 5.10 Å². The Balaban J connectivity index is 2.21. The van der Waals surface area contributed by atoms with Gasteiger partial charge in [0, 0.05) is 0 Å². The average molecular weight is 359 g/mol. The van der Waals surface area contributed by atoms with Crippen molar-refractivity contribution in [2.45, 2.75) is 6.18 Å². The Morgan fingerprint density at radius 3 is 2.46 bits per heavy atom. The third-order valence-corrected chi connectivity index (χ3v) is 3.48. The smallest absolute Gasteiger partial charge is 0.387 e. The van der Waals surface area contributed by atoms with Crippen molar-refractivity contribution >= 4 is 11.6 Å². The highest BCUT2D eigenvalue weighted by Crippen LogP contribution is 2.34. The summed E-state index contributed by atoms with van der Waals surface area (Å²) in [4.78, 5) is 11.9. The van der Waals surface area contributed by atoms with Crippen molar-refractivity contribution in [3.63, 3.8) is 0 Å². The molecule has 0 spiro atoms. The van der Waals surface area contributed by atoms with E-state index >= 15 is 0 Å². The third-order valence-electron chi connectivity index (χ3n) is 3.16. The fraction of sp³-hybridized carbons (Fsp3) is 0.0667. The maximum absolute atomic E-state index is 13.9. The van der Waals surface area contributed by atoms with Crippen LogP contribution < -0.4 is 5.76 Å². The molecule has 0 amide bonds. The van der Waals surface area contributed by atoms with Crippen LogP contribution in [0.4, 0.5) is 17.6 Å². The van der Waals surface area contributed by atoms with E-state index in [4.69, 9.17) is 16.0 Å². The van der Waals surface area contributed by atoms with Gasteiger partial charge < -0.3 is 4.42 Å². The van der Waals surface area contributed by atoms with Crippen LogP contribution in [0, 0.1) is 5.82 Å². The Bertz CT molecular complexity index is 942. The number of hydrogen-bond acceptors (Lipinski definition) is 3. The van der Waals surface area contributed by atoms with Gasteiger partial charge in [-0.15, -0.1) is 5.10 Å². The molecule has 3 aromatic rings. The Morgan fingerprint density at radius 1 is 1.08 bits per heavy atom. The largest absolute Gasteiger partial charge is 0.442 e. The first kappa shape index (κ1) is 16.3. The zero-order valence-electron chi connectivity index (χ0n) is 11.6. The highest BCUT2D eigenvalue weighted by atomic mass is 35.5. The molecule has 0 aliphatic heterocycles. The molecule has 1 aromatic heterocycles. The zero-order valence-corrected chi connectivity index (χ0v) is 12.4. The molecule has 9 heteroatoms. The quantitative estimate of drug-likeness (QED) is 0.642. The number of hydrogen-bond donors (Lipinski definition) is 0. The topological polar surface area (TPSA) is 48.0 Å². The highest BCUT2D eigenvalue weighted by molar-refractivity contribution is 6.33. The normalized spacial score (nSPS) is 11.7. The Labute approximate surface area is 136 Å². The molecule has 0 fully saturated rings. The van der Waals surface area contributed by atoms with Crippen LogP contribution >= 0.6 is 11.6 Å². The second-order valence-corrected chi connectivity index (χ2v) is 5.10. The van der Waals surface area contributed by atoms with Crippen molar-refractivity contribution in [3.05, 3.63) is 69.4 Å². The molecule has 0 unspecified atom stereocenters. The molecule has 0 bridgehead atoms. The number of benzene rings is 2. The van der Waals surface area contributed by atoms with Gasteiger partial charge in [-0.1, -0.05) is 29.8 Å². The molecule has 0 saturated carbocycles. The predicted molar refractivity (Wildman–Crippen MR) is 77.5 cm³/mol. The number of aromatic nitrogens is 2. The van der Waals surface area contributed by atoms with E-state index in [0.29, 0.717) is 4.68 Å². The fourth-order valence-corrected chi connectivity index (χ4v) is 2.38.